The molecule has 0 saturated carbocycles. The lowest BCUT2D eigenvalue weighted by molar-refractivity contribution is -0.141. The topological polar surface area (TPSA) is 79.0 Å². The van der Waals surface area contributed by atoms with Crippen LogP contribution < -0.4 is 5.32 Å². The molecule has 0 unspecified atom stereocenters. The molecular formula is C15H23N3O4. The monoisotopic (exact) mass is 309 g/mol. The van der Waals surface area contributed by atoms with Crippen molar-refractivity contribution in [1.29, 1.82) is 0 Å². The fourth-order valence-electron chi connectivity index (χ4n) is 3.37. The number of nitrogens with zero attached hydrogens (tertiary/aromatic N) is 2. The average Bonchev–Trinajstić information content (AvgIpc) is 2.73. The molecule has 1 N–H and O–H groups in total. The number of hydrogen-bond acceptors (Lipinski definition) is 4. The minimum absolute atomic E-state index is 0.139. The van der Waals surface area contributed by atoms with Gasteiger partial charge in [-0.05, 0) is 18.8 Å². The largest absolute Gasteiger partial charge is 0.381 e. The Morgan fingerprint density at radius 2 is 1.91 bits per heavy atom. The van der Waals surface area contributed by atoms with Crippen LogP contribution in [0.3, 0.4) is 0 Å². The van der Waals surface area contributed by atoms with Gasteiger partial charge < -0.3 is 15.0 Å². The molecule has 3 aliphatic heterocycles. The van der Waals surface area contributed by atoms with Crippen molar-refractivity contribution in [1.82, 2.24) is 15.1 Å². The summed E-state index contributed by atoms with van der Waals surface area (Å²) < 4.78 is 5.26. The number of carbonyl (C=O) groups is 3. The summed E-state index contributed by atoms with van der Waals surface area (Å²) in [5.74, 6) is 0.213. The first kappa shape index (κ1) is 15.3. The second-order valence-electron chi connectivity index (χ2n) is 6.58. The minimum Gasteiger partial charge on any atom is -0.381 e. The molecule has 7 nitrogen and oxygen atoms in total. The second-order valence-corrected chi connectivity index (χ2v) is 6.58. The fraction of sp³-hybridized carbons (Fsp3) is 0.800. The Morgan fingerprint density at radius 1 is 1.27 bits per heavy atom. The summed E-state index contributed by atoms with van der Waals surface area (Å²) in [5.41, 5.74) is -0.855. The Morgan fingerprint density at radius 3 is 2.55 bits per heavy atom. The third kappa shape index (κ3) is 2.69. The van der Waals surface area contributed by atoms with Gasteiger partial charge in [-0.25, -0.2) is 4.79 Å². The number of imide groups is 1. The average molecular weight is 309 g/mol. The molecule has 1 spiro atoms. The maximum Gasteiger partial charge on any atom is 0.325 e. The Kier molecular flexibility index (Phi) is 4.08. The van der Waals surface area contributed by atoms with E-state index in [9.17, 15) is 14.4 Å². The highest BCUT2D eigenvalue weighted by Crippen LogP contribution is 2.28. The Balaban J connectivity index is 1.63. The molecule has 122 valence electrons. The molecule has 3 heterocycles. The number of carbonyl (C=O) groups excluding carboxylic acids is 3. The van der Waals surface area contributed by atoms with Crippen molar-refractivity contribution < 1.29 is 19.1 Å². The molecule has 0 bridgehead atoms. The van der Waals surface area contributed by atoms with Gasteiger partial charge in [0.05, 0.1) is 0 Å². The van der Waals surface area contributed by atoms with Gasteiger partial charge in [0.15, 0.2) is 0 Å². The molecule has 3 rings (SSSR count). The summed E-state index contributed by atoms with van der Waals surface area (Å²) >= 11 is 0. The van der Waals surface area contributed by atoms with E-state index in [1.54, 1.807) is 4.90 Å². The summed E-state index contributed by atoms with van der Waals surface area (Å²) in [7, 11) is 0. The summed E-state index contributed by atoms with van der Waals surface area (Å²) in [5, 5.41) is 2.77. The first-order chi connectivity index (χ1) is 10.5. The van der Waals surface area contributed by atoms with Crippen LogP contribution in [0.5, 0.6) is 0 Å². The number of likely N-dealkylation sites (tertiary alicyclic amines) is 1. The van der Waals surface area contributed by atoms with Gasteiger partial charge in [0.2, 0.25) is 5.91 Å². The molecule has 0 aromatic rings. The van der Waals surface area contributed by atoms with E-state index in [-0.39, 0.29) is 18.4 Å². The predicted molar refractivity (Wildman–Crippen MR) is 78.0 cm³/mol. The van der Waals surface area contributed by atoms with E-state index in [0.29, 0.717) is 45.1 Å². The number of urea groups is 1. The van der Waals surface area contributed by atoms with Crippen molar-refractivity contribution in [2.24, 2.45) is 5.92 Å². The lowest BCUT2D eigenvalue weighted by Crippen LogP contribution is -2.51. The van der Waals surface area contributed by atoms with Crippen LogP contribution in [0.1, 0.15) is 32.6 Å². The third-order valence-corrected chi connectivity index (χ3v) is 5.02. The van der Waals surface area contributed by atoms with Gasteiger partial charge in [0.25, 0.3) is 5.91 Å². The van der Waals surface area contributed by atoms with Crippen LogP contribution in [0.15, 0.2) is 0 Å². The molecule has 0 aromatic heterocycles. The molecule has 0 atom stereocenters. The van der Waals surface area contributed by atoms with Crippen molar-refractivity contribution in [2.75, 3.05) is 32.8 Å². The lowest BCUT2D eigenvalue weighted by Gasteiger charge is -2.32. The zero-order valence-corrected chi connectivity index (χ0v) is 13.0. The van der Waals surface area contributed by atoms with Crippen molar-refractivity contribution in [2.45, 2.75) is 38.1 Å². The molecule has 4 amide bonds. The molecule has 3 aliphatic rings. The Labute approximate surface area is 129 Å². The molecular weight excluding hydrogens is 286 g/mol. The van der Waals surface area contributed by atoms with Crippen LogP contribution in [0.4, 0.5) is 4.79 Å². The SMILES string of the molecule is CC1CCN(C(=O)CN2C(=O)NC3(CCOCC3)C2=O)CC1. The van der Waals surface area contributed by atoms with Gasteiger partial charge >= 0.3 is 6.03 Å². The summed E-state index contributed by atoms with van der Waals surface area (Å²) in [6.45, 7) is 4.36. The third-order valence-electron chi connectivity index (χ3n) is 5.02. The first-order valence-corrected chi connectivity index (χ1v) is 8.01. The maximum atomic E-state index is 12.6. The number of hydrogen-bond donors (Lipinski definition) is 1. The number of piperidine rings is 1. The first-order valence-electron chi connectivity index (χ1n) is 8.01. The highest BCUT2D eigenvalue weighted by Gasteiger charge is 2.52. The van der Waals surface area contributed by atoms with Crippen LogP contribution in [0.25, 0.3) is 0 Å². The van der Waals surface area contributed by atoms with Crippen molar-refractivity contribution in [3.8, 4) is 0 Å². The van der Waals surface area contributed by atoms with Gasteiger partial charge in [0, 0.05) is 39.1 Å². The highest BCUT2D eigenvalue weighted by atomic mass is 16.5. The highest BCUT2D eigenvalue weighted by molar-refractivity contribution is 6.09. The number of rotatable bonds is 2. The maximum absolute atomic E-state index is 12.6. The molecule has 0 radical (unpaired) electrons. The van der Waals surface area contributed by atoms with Crippen LogP contribution >= 0.6 is 0 Å². The van der Waals surface area contributed by atoms with Gasteiger partial charge in [-0.1, -0.05) is 6.92 Å². The zero-order valence-electron chi connectivity index (χ0n) is 13.0. The van der Waals surface area contributed by atoms with E-state index in [2.05, 4.69) is 12.2 Å². The van der Waals surface area contributed by atoms with Crippen molar-refractivity contribution >= 4 is 17.8 Å². The predicted octanol–water partition coefficient (Wildman–Crippen LogP) is 0.346. The normalized spacial score (nSPS) is 25.7. The van der Waals surface area contributed by atoms with Crippen LogP contribution in [0, 0.1) is 5.92 Å². The molecule has 3 fully saturated rings. The van der Waals surface area contributed by atoms with E-state index < -0.39 is 11.6 Å². The second kappa shape index (κ2) is 5.87. The van der Waals surface area contributed by atoms with Crippen LogP contribution in [-0.2, 0) is 14.3 Å². The number of ether oxygens (including phenoxy) is 1. The number of nitrogens with one attached hydrogen (secondary N) is 1. The van der Waals surface area contributed by atoms with Crippen molar-refractivity contribution in [3.05, 3.63) is 0 Å². The molecule has 22 heavy (non-hydrogen) atoms. The minimum atomic E-state index is -0.855. The summed E-state index contributed by atoms with van der Waals surface area (Å²) in [6, 6.07) is -0.453. The van der Waals surface area contributed by atoms with E-state index in [4.69, 9.17) is 4.74 Å². The van der Waals surface area contributed by atoms with Gasteiger partial charge in [-0.15, -0.1) is 0 Å². The van der Waals surface area contributed by atoms with E-state index in [1.165, 1.54) is 0 Å². The fourth-order valence-corrected chi connectivity index (χ4v) is 3.37. The standard InChI is InChI=1S/C15H23N3O4/c1-11-2-6-17(7-3-11)12(19)10-18-13(20)15(16-14(18)21)4-8-22-9-5-15/h11H,2-10H2,1H3,(H,16,21). The van der Waals surface area contributed by atoms with Crippen LogP contribution in [-0.4, -0.2) is 66.0 Å². The van der Waals surface area contributed by atoms with Gasteiger partial charge in [-0.3, -0.25) is 14.5 Å². The van der Waals surface area contributed by atoms with Crippen molar-refractivity contribution in [3.63, 3.8) is 0 Å². The quantitative estimate of drug-likeness (QED) is 0.746. The van der Waals surface area contributed by atoms with Gasteiger partial charge in [0.1, 0.15) is 12.1 Å². The zero-order chi connectivity index (χ0) is 15.7. The smallest absolute Gasteiger partial charge is 0.325 e. The van der Waals surface area contributed by atoms with E-state index in [0.717, 1.165) is 17.7 Å². The molecule has 3 saturated heterocycles. The lowest BCUT2D eigenvalue weighted by atomic mass is 9.90. The molecule has 0 aromatic carbocycles. The molecule has 0 aliphatic carbocycles. The molecule has 7 heteroatoms. The summed E-state index contributed by atoms with van der Waals surface area (Å²) in [4.78, 5) is 39.9. The van der Waals surface area contributed by atoms with E-state index >= 15 is 0 Å². The van der Waals surface area contributed by atoms with E-state index in [1.807, 2.05) is 0 Å². The number of amides is 4. The Bertz CT molecular complexity index is 479. The summed E-state index contributed by atoms with van der Waals surface area (Å²) in [6.07, 6.45) is 2.91. The van der Waals surface area contributed by atoms with Gasteiger partial charge in [-0.2, -0.15) is 0 Å². The van der Waals surface area contributed by atoms with Crippen LogP contribution in [0.2, 0.25) is 0 Å². The Hall–Kier alpha value is -1.63.